The molecule has 1 aromatic rings. The third-order valence-electron chi connectivity index (χ3n) is 5.02. The molecule has 0 bridgehead atoms. The summed E-state index contributed by atoms with van der Waals surface area (Å²) >= 11 is 0. The van der Waals surface area contributed by atoms with Crippen LogP contribution >= 0.6 is 0 Å². The topological polar surface area (TPSA) is 25.2 Å². The molecule has 2 fully saturated rings. The van der Waals surface area contributed by atoms with E-state index in [0.29, 0.717) is 0 Å². The Kier molecular flexibility index (Phi) is 4.27. The molecule has 19 heavy (non-hydrogen) atoms. The normalized spacial score (nSPS) is 31.5. The van der Waals surface area contributed by atoms with Gasteiger partial charge in [-0.1, -0.05) is 26.2 Å². The van der Waals surface area contributed by atoms with Gasteiger partial charge in [-0.15, -0.1) is 0 Å². The van der Waals surface area contributed by atoms with Crippen molar-refractivity contribution in [2.45, 2.75) is 63.8 Å². The molecule has 1 aromatic heterocycles. The zero-order valence-corrected chi connectivity index (χ0v) is 12.1. The minimum atomic E-state index is 0.718. The SMILES string of the molecule is CCCC1CCC(CNC2CC2)C(c2ccoc2)C1. The lowest BCUT2D eigenvalue weighted by molar-refractivity contribution is 0.219. The number of hydrogen-bond acceptors (Lipinski definition) is 2. The highest BCUT2D eigenvalue weighted by molar-refractivity contribution is 5.15. The van der Waals surface area contributed by atoms with Gasteiger partial charge in [0, 0.05) is 6.04 Å². The van der Waals surface area contributed by atoms with E-state index >= 15 is 0 Å². The highest BCUT2D eigenvalue weighted by Gasteiger charge is 2.32. The molecule has 0 aromatic carbocycles. The predicted octanol–water partition coefficient (Wildman–Crippen LogP) is 4.33. The smallest absolute Gasteiger partial charge is 0.0937 e. The number of hydrogen-bond donors (Lipinski definition) is 1. The van der Waals surface area contributed by atoms with Crippen molar-refractivity contribution >= 4 is 0 Å². The van der Waals surface area contributed by atoms with Crippen LogP contribution in [0.3, 0.4) is 0 Å². The Morgan fingerprint density at radius 2 is 2.16 bits per heavy atom. The average Bonchev–Trinajstić information content (AvgIpc) is 3.10. The van der Waals surface area contributed by atoms with Crippen LogP contribution in [0.1, 0.15) is 63.4 Å². The van der Waals surface area contributed by atoms with Gasteiger partial charge in [-0.2, -0.15) is 0 Å². The summed E-state index contributed by atoms with van der Waals surface area (Å²) in [5, 5.41) is 3.73. The zero-order valence-electron chi connectivity index (χ0n) is 12.1. The Balaban J connectivity index is 1.63. The maximum atomic E-state index is 5.33. The summed E-state index contributed by atoms with van der Waals surface area (Å²) < 4.78 is 5.33. The van der Waals surface area contributed by atoms with Crippen LogP contribution < -0.4 is 5.32 Å². The molecular formula is C17H27NO. The molecule has 3 atom stereocenters. The van der Waals surface area contributed by atoms with Gasteiger partial charge in [0.05, 0.1) is 12.5 Å². The highest BCUT2D eigenvalue weighted by atomic mass is 16.3. The minimum Gasteiger partial charge on any atom is -0.472 e. The van der Waals surface area contributed by atoms with Crippen molar-refractivity contribution in [3.8, 4) is 0 Å². The molecule has 0 amide bonds. The fourth-order valence-corrected chi connectivity index (χ4v) is 3.73. The standard InChI is InChI=1S/C17H27NO/c1-2-3-13-4-5-14(11-18-16-6-7-16)17(10-13)15-8-9-19-12-15/h8-9,12-14,16-18H,2-7,10-11H2,1H3. The van der Waals surface area contributed by atoms with Gasteiger partial charge in [-0.05, 0) is 61.6 Å². The molecule has 0 aliphatic heterocycles. The summed E-state index contributed by atoms with van der Waals surface area (Å²) in [6.45, 7) is 3.52. The molecule has 1 heterocycles. The lowest BCUT2D eigenvalue weighted by Gasteiger charge is -2.36. The van der Waals surface area contributed by atoms with Crippen LogP contribution in [-0.4, -0.2) is 12.6 Å². The molecule has 2 nitrogen and oxygen atoms in total. The van der Waals surface area contributed by atoms with Crippen LogP contribution in [0.5, 0.6) is 0 Å². The molecule has 1 N–H and O–H groups in total. The first-order valence-corrected chi connectivity index (χ1v) is 8.12. The molecule has 2 aliphatic carbocycles. The van der Waals surface area contributed by atoms with E-state index in [1.807, 2.05) is 12.5 Å². The second-order valence-electron chi connectivity index (χ2n) is 6.57. The molecule has 3 rings (SSSR count). The number of nitrogens with one attached hydrogen (secondary N) is 1. The Hall–Kier alpha value is -0.760. The number of rotatable bonds is 6. The molecule has 0 radical (unpaired) electrons. The van der Waals surface area contributed by atoms with E-state index in [1.165, 1.54) is 57.1 Å². The average molecular weight is 261 g/mol. The van der Waals surface area contributed by atoms with Crippen LogP contribution in [0.4, 0.5) is 0 Å². The summed E-state index contributed by atoms with van der Waals surface area (Å²) in [6, 6.07) is 3.02. The third kappa shape index (κ3) is 3.42. The van der Waals surface area contributed by atoms with Crippen molar-refractivity contribution in [3.63, 3.8) is 0 Å². The van der Waals surface area contributed by atoms with Crippen LogP contribution in [0.15, 0.2) is 23.0 Å². The van der Waals surface area contributed by atoms with Gasteiger partial charge in [0.1, 0.15) is 0 Å². The van der Waals surface area contributed by atoms with Crippen molar-refractivity contribution < 1.29 is 4.42 Å². The lowest BCUT2D eigenvalue weighted by Crippen LogP contribution is -2.32. The fourth-order valence-electron chi connectivity index (χ4n) is 3.73. The van der Waals surface area contributed by atoms with Gasteiger partial charge in [0.25, 0.3) is 0 Å². The number of furan rings is 1. The van der Waals surface area contributed by atoms with E-state index in [1.54, 1.807) is 0 Å². The quantitative estimate of drug-likeness (QED) is 0.824. The van der Waals surface area contributed by atoms with Crippen molar-refractivity contribution in [2.24, 2.45) is 11.8 Å². The van der Waals surface area contributed by atoms with E-state index in [9.17, 15) is 0 Å². The van der Waals surface area contributed by atoms with Crippen molar-refractivity contribution in [3.05, 3.63) is 24.2 Å². The van der Waals surface area contributed by atoms with Gasteiger partial charge in [-0.3, -0.25) is 0 Å². The monoisotopic (exact) mass is 261 g/mol. The Labute approximate surface area is 117 Å². The van der Waals surface area contributed by atoms with Crippen LogP contribution in [-0.2, 0) is 0 Å². The molecular weight excluding hydrogens is 234 g/mol. The van der Waals surface area contributed by atoms with E-state index < -0.39 is 0 Å². The van der Waals surface area contributed by atoms with Crippen LogP contribution in [0.25, 0.3) is 0 Å². The summed E-state index contributed by atoms with van der Waals surface area (Å²) in [5.41, 5.74) is 1.43. The van der Waals surface area contributed by atoms with Crippen molar-refractivity contribution in [1.29, 1.82) is 0 Å². The van der Waals surface area contributed by atoms with E-state index in [0.717, 1.165) is 23.8 Å². The second kappa shape index (κ2) is 6.13. The molecule has 0 spiro atoms. The van der Waals surface area contributed by atoms with Gasteiger partial charge in [0.15, 0.2) is 0 Å². The summed E-state index contributed by atoms with van der Waals surface area (Å²) in [7, 11) is 0. The summed E-state index contributed by atoms with van der Waals surface area (Å²) in [5.74, 6) is 2.46. The molecule has 2 saturated carbocycles. The Morgan fingerprint density at radius 3 is 2.84 bits per heavy atom. The van der Waals surface area contributed by atoms with Crippen molar-refractivity contribution in [1.82, 2.24) is 5.32 Å². The van der Waals surface area contributed by atoms with E-state index in [-0.39, 0.29) is 0 Å². The van der Waals surface area contributed by atoms with Gasteiger partial charge >= 0.3 is 0 Å². The summed E-state index contributed by atoms with van der Waals surface area (Å²) in [6.07, 6.45) is 13.5. The van der Waals surface area contributed by atoms with E-state index in [2.05, 4.69) is 18.3 Å². The first-order chi connectivity index (χ1) is 9.36. The van der Waals surface area contributed by atoms with Crippen LogP contribution in [0, 0.1) is 11.8 Å². The minimum absolute atomic E-state index is 0.718. The molecule has 2 heteroatoms. The molecule has 3 unspecified atom stereocenters. The Morgan fingerprint density at radius 1 is 1.26 bits per heavy atom. The summed E-state index contributed by atoms with van der Waals surface area (Å²) in [4.78, 5) is 0. The van der Waals surface area contributed by atoms with Gasteiger partial charge < -0.3 is 9.73 Å². The van der Waals surface area contributed by atoms with Gasteiger partial charge in [-0.25, -0.2) is 0 Å². The maximum absolute atomic E-state index is 5.33. The lowest BCUT2D eigenvalue weighted by atomic mass is 9.70. The first-order valence-electron chi connectivity index (χ1n) is 8.12. The Bertz CT molecular complexity index is 369. The zero-order chi connectivity index (χ0) is 13.1. The van der Waals surface area contributed by atoms with Crippen molar-refractivity contribution in [2.75, 3.05) is 6.54 Å². The second-order valence-corrected chi connectivity index (χ2v) is 6.57. The molecule has 0 saturated heterocycles. The highest BCUT2D eigenvalue weighted by Crippen LogP contribution is 2.42. The largest absolute Gasteiger partial charge is 0.472 e. The fraction of sp³-hybridized carbons (Fsp3) is 0.765. The third-order valence-corrected chi connectivity index (χ3v) is 5.02. The molecule has 2 aliphatic rings. The van der Waals surface area contributed by atoms with Crippen LogP contribution in [0.2, 0.25) is 0 Å². The van der Waals surface area contributed by atoms with E-state index in [4.69, 9.17) is 4.42 Å². The maximum Gasteiger partial charge on any atom is 0.0937 e. The van der Waals surface area contributed by atoms with Gasteiger partial charge in [0.2, 0.25) is 0 Å². The first kappa shape index (κ1) is 13.2. The predicted molar refractivity (Wildman–Crippen MR) is 78.2 cm³/mol. The molecule has 106 valence electrons.